The Morgan fingerprint density at radius 1 is 1.17 bits per heavy atom. The number of hydrogen-bond donors (Lipinski definition) is 1. The number of pyridine rings is 1. The summed E-state index contributed by atoms with van der Waals surface area (Å²) in [6.07, 6.45) is 9.27. The summed E-state index contributed by atoms with van der Waals surface area (Å²) in [6, 6.07) is 11.2. The number of rotatable bonds is 6. The Bertz CT molecular complexity index is 1520. The lowest BCUT2D eigenvalue weighted by Crippen LogP contribution is -2.17. The molecular weight excluding hydrogens is 472 g/mol. The molecule has 1 N–H and O–H groups in total. The summed E-state index contributed by atoms with van der Waals surface area (Å²) in [5, 5.41) is 7.97. The number of aromatic nitrogens is 4. The lowest BCUT2D eigenvalue weighted by atomic mass is 9.91. The smallest absolute Gasteiger partial charge is 0.255 e. The molecule has 0 unspecified atom stereocenters. The number of nitrogens with one attached hydrogen (secondary N) is 1. The minimum absolute atomic E-state index is 0.229. The summed E-state index contributed by atoms with van der Waals surface area (Å²) in [4.78, 5) is 21.2. The largest absolute Gasteiger partial charge is 0.322 e. The van der Waals surface area contributed by atoms with Crippen LogP contribution < -0.4 is 5.32 Å². The van der Waals surface area contributed by atoms with Crippen LogP contribution in [0.3, 0.4) is 0 Å². The molecule has 1 aromatic carbocycles. The van der Waals surface area contributed by atoms with Crippen molar-refractivity contribution in [1.29, 1.82) is 0 Å². The first-order valence-corrected chi connectivity index (χ1v) is 11.9. The van der Waals surface area contributed by atoms with Crippen LogP contribution in [0.4, 0.5) is 5.69 Å². The van der Waals surface area contributed by atoms with Gasteiger partial charge in [0.2, 0.25) is 0 Å². The van der Waals surface area contributed by atoms with Gasteiger partial charge in [0.05, 0.1) is 11.4 Å². The van der Waals surface area contributed by atoms with E-state index in [2.05, 4.69) is 31.7 Å². The number of nitrogens with zero attached hydrogens (tertiary/aromatic N) is 5. The van der Waals surface area contributed by atoms with Gasteiger partial charge >= 0.3 is 0 Å². The minimum atomic E-state index is -0.244. The highest BCUT2D eigenvalue weighted by atomic mass is 35.5. The molecule has 3 aromatic heterocycles. The van der Waals surface area contributed by atoms with Crippen LogP contribution in [0.25, 0.3) is 16.9 Å². The Morgan fingerprint density at radius 3 is 2.67 bits per heavy atom. The molecule has 0 bridgehead atoms. The van der Waals surface area contributed by atoms with E-state index in [4.69, 9.17) is 11.6 Å². The highest BCUT2D eigenvalue weighted by Gasteiger charge is 2.19. The number of carbonyl (C=O) groups excluding carboxylic acids is 1. The zero-order valence-corrected chi connectivity index (χ0v) is 21.8. The molecule has 4 aromatic rings. The summed E-state index contributed by atoms with van der Waals surface area (Å²) in [5.74, 6) is -0.244. The number of amides is 1. The SMILES string of the molecule is C=N/C=C\C=C(/C)c1cc2n(-c3cc(NC(=O)c4cc(Cl)nc(C(C)(C)C)c4)ccc3C)ccn2n1. The van der Waals surface area contributed by atoms with E-state index in [1.165, 1.54) is 0 Å². The molecule has 4 rings (SSSR count). The number of carbonyl (C=O) groups is 1. The zero-order valence-electron chi connectivity index (χ0n) is 21.1. The minimum Gasteiger partial charge on any atom is -0.322 e. The Morgan fingerprint density at radius 2 is 1.94 bits per heavy atom. The van der Waals surface area contributed by atoms with Gasteiger partial charge in [-0.3, -0.25) is 14.4 Å². The van der Waals surface area contributed by atoms with Gasteiger partial charge in [0.25, 0.3) is 5.91 Å². The van der Waals surface area contributed by atoms with Crippen LogP contribution in [0.2, 0.25) is 5.15 Å². The maximum Gasteiger partial charge on any atom is 0.255 e. The highest BCUT2D eigenvalue weighted by molar-refractivity contribution is 6.29. The van der Waals surface area contributed by atoms with E-state index in [9.17, 15) is 4.79 Å². The summed E-state index contributed by atoms with van der Waals surface area (Å²) in [7, 11) is 0. The molecule has 7 nitrogen and oxygen atoms in total. The van der Waals surface area contributed by atoms with Crippen LogP contribution in [0.5, 0.6) is 0 Å². The Kier molecular flexibility index (Phi) is 6.95. The van der Waals surface area contributed by atoms with Crippen LogP contribution in [0.15, 0.2) is 72.1 Å². The molecule has 1 amide bonds. The van der Waals surface area contributed by atoms with Crippen molar-refractivity contribution < 1.29 is 4.79 Å². The third-order valence-electron chi connectivity index (χ3n) is 5.81. The lowest BCUT2D eigenvalue weighted by Gasteiger charge is -2.19. The molecule has 0 fully saturated rings. The molecule has 0 atom stereocenters. The summed E-state index contributed by atoms with van der Waals surface area (Å²) >= 11 is 6.21. The second-order valence-electron chi connectivity index (χ2n) is 9.64. The van der Waals surface area contributed by atoms with E-state index < -0.39 is 0 Å². The van der Waals surface area contributed by atoms with Gasteiger partial charge in [-0.1, -0.05) is 44.5 Å². The molecule has 36 heavy (non-hydrogen) atoms. The average molecular weight is 501 g/mol. The quantitative estimate of drug-likeness (QED) is 0.183. The number of hydrogen-bond acceptors (Lipinski definition) is 4. The first-order valence-electron chi connectivity index (χ1n) is 11.5. The monoisotopic (exact) mass is 500 g/mol. The second-order valence-corrected chi connectivity index (χ2v) is 10.0. The van der Waals surface area contributed by atoms with Gasteiger partial charge in [-0.25, -0.2) is 9.50 Å². The van der Waals surface area contributed by atoms with E-state index in [1.54, 1.807) is 18.3 Å². The first kappa shape index (κ1) is 25.1. The fourth-order valence-electron chi connectivity index (χ4n) is 3.77. The standard InChI is InChI=1S/C28H29ClN6O/c1-18(8-7-11-30-6)22-17-26-34(12-13-35(26)33-22)23-16-21(10-9-19(23)2)31-27(36)20-14-24(28(3,4)5)32-25(29)15-20/h7-17H,6H2,1-5H3,(H,31,36)/b11-7-,18-8+. The van der Waals surface area contributed by atoms with Crippen molar-refractivity contribution in [2.24, 2.45) is 4.99 Å². The molecule has 0 radical (unpaired) electrons. The third-order valence-corrected chi connectivity index (χ3v) is 6.01. The molecule has 0 aliphatic rings. The van der Waals surface area contributed by atoms with Gasteiger partial charge in [-0.15, -0.1) is 0 Å². The van der Waals surface area contributed by atoms with E-state index in [0.29, 0.717) is 16.4 Å². The van der Waals surface area contributed by atoms with Crippen LogP contribution in [0.1, 0.15) is 55.0 Å². The second kappa shape index (κ2) is 9.95. The average Bonchev–Trinajstić information content (AvgIpc) is 3.41. The molecule has 3 heterocycles. The first-order chi connectivity index (χ1) is 17.1. The van der Waals surface area contributed by atoms with Crippen molar-refractivity contribution in [3.05, 3.63) is 94.8 Å². The predicted octanol–water partition coefficient (Wildman–Crippen LogP) is 6.65. The molecule has 0 aliphatic carbocycles. The summed E-state index contributed by atoms with van der Waals surface area (Å²) in [5.41, 5.74) is 6.45. The fourth-order valence-corrected chi connectivity index (χ4v) is 3.98. The molecular formula is C28H29ClN6O. The molecule has 184 valence electrons. The van der Waals surface area contributed by atoms with Crippen LogP contribution in [-0.2, 0) is 5.41 Å². The van der Waals surface area contributed by atoms with E-state index >= 15 is 0 Å². The summed E-state index contributed by atoms with van der Waals surface area (Å²) < 4.78 is 3.89. The number of halogens is 1. The van der Waals surface area contributed by atoms with Gasteiger partial charge in [0.15, 0.2) is 0 Å². The van der Waals surface area contributed by atoms with Crippen molar-refractivity contribution in [3.63, 3.8) is 0 Å². The maximum atomic E-state index is 13.1. The molecule has 0 aliphatic heterocycles. The van der Waals surface area contributed by atoms with Crippen LogP contribution >= 0.6 is 11.6 Å². The topological polar surface area (TPSA) is 76.6 Å². The van der Waals surface area contributed by atoms with Crippen molar-refractivity contribution in [1.82, 2.24) is 19.2 Å². The van der Waals surface area contributed by atoms with Crippen LogP contribution in [0, 0.1) is 6.92 Å². The van der Waals surface area contributed by atoms with E-state index in [-0.39, 0.29) is 11.3 Å². The van der Waals surface area contributed by atoms with Crippen molar-refractivity contribution >= 4 is 41.1 Å². The number of benzene rings is 1. The van der Waals surface area contributed by atoms with E-state index in [0.717, 1.165) is 33.9 Å². The molecule has 0 saturated heterocycles. The number of fused-ring (bicyclic) bond motifs is 1. The summed E-state index contributed by atoms with van der Waals surface area (Å²) in [6.45, 7) is 13.6. The number of aliphatic imine (C=N–C) groups is 1. The predicted molar refractivity (Wildman–Crippen MR) is 147 cm³/mol. The zero-order chi connectivity index (χ0) is 26.0. The fraction of sp³-hybridized carbons (Fsp3) is 0.214. The number of allylic oxidation sites excluding steroid dienone is 3. The van der Waals surface area contributed by atoms with Crippen molar-refractivity contribution in [2.75, 3.05) is 5.32 Å². The van der Waals surface area contributed by atoms with Gasteiger partial charge in [-0.05, 0) is 62.0 Å². The van der Waals surface area contributed by atoms with Gasteiger partial charge in [0, 0.05) is 47.0 Å². The molecule has 0 spiro atoms. The molecule has 0 saturated carbocycles. The van der Waals surface area contributed by atoms with Gasteiger partial charge in [-0.2, -0.15) is 5.10 Å². The molecule has 8 heteroatoms. The third kappa shape index (κ3) is 5.31. The number of imidazole rings is 1. The van der Waals surface area contributed by atoms with E-state index in [1.807, 2.05) is 87.9 Å². The van der Waals surface area contributed by atoms with Crippen molar-refractivity contribution in [3.8, 4) is 5.69 Å². The lowest BCUT2D eigenvalue weighted by molar-refractivity contribution is 0.102. The van der Waals surface area contributed by atoms with Crippen molar-refractivity contribution in [2.45, 2.75) is 40.0 Å². The Balaban J connectivity index is 1.65. The van der Waals surface area contributed by atoms with Crippen LogP contribution in [-0.4, -0.2) is 31.8 Å². The Hall–Kier alpha value is -3.97. The highest BCUT2D eigenvalue weighted by Crippen LogP contribution is 2.26. The van der Waals surface area contributed by atoms with Gasteiger partial charge < -0.3 is 5.32 Å². The Labute approximate surface area is 215 Å². The number of aryl methyl sites for hydroxylation is 1. The maximum absolute atomic E-state index is 13.1. The number of anilines is 1. The normalized spacial score (nSPS) is 12.4. The van der Waals surface area contributed by atoms with Gasteiger partial charge in [0.1, 0.15) is 10.8 Å².